The number of aliphatic imine (C=N–C) groups is 2. The second-order valence-corrected chi connectivity index (χ2v) is 5.34. The third-order valence-electron chi connectivity index (χ3n) is 3.64. The number of fused-ring (bicyclic) bond motifs is 1. The highest BCUT2D eigenvalue weighted by Crippen LogP contribution is 2.36. The predicted molar refractivity (Wildman–Crippen MR) is 100 cm³/mol. The van der Waals surface area contributed by atoms with Crippen molar-refractivity contribution in [3.8, 4) is 11.3 Å². The molecule has 3 aromatic rings. The van der Waals surface area contributed by atoms with Gasteiger partial charge < -0.3 is 4.98 Å². The smallest absolute Gasteiger partial charge is 0.222 e. The summed E-state index contributed by atoms with van der Waals surface area (Å²) < 4.78 is 0. The van der Waals surface area contributed by atoms with Gasteiger partial charge in [0.1, 0.15) is 0 Å². The molecule has 0 radical (unpaired) electrons. The first-order valence-electron chi connectivity index (χ1n) is 7.28. The van der Waals surface area contributed by atoms with Crippen molar-refractivity contribution in [2.45, 2.75) is 6.92 Å². The first-order valence-corrected chi connectivity index (χ1v) is 7.66. The highest BCUT2D eigenvalue weighted by atomic mass is 35.5. The fourth-order valence-electron chi connectivity index (χ4n) is 2.63. The van der Waals surface area contributed by atoms with Crippen molar-refractivity contribution >= 4 is 40.2 Å². The van der Waals surface area contributed by atoms with Gasteiger partial charge in [-0.2, -0.15) is 0 Å². The number of nitrogens with zero attached hydrogens (tertiary/aromatic N) is 2. The van der Waals surface area contributed by atoms with E-state index in [-0.39, 0.29) is 5.29 Å². The highest BCUT2D eigenvalue weighted by Gasteiger charge is 2.16. The molecule has 114 valence electrons. The van der Waals surface area contributed by atoms with Gasteiger partial charge in [0.15, 0.2) is 0 Å². The van der Waals surface area contributed by atoms with Crippen LogP contribution in [0.25, 0.3) is 27.9 Å². The van der Waals surface area contributed by atoms with E-state index in [1.807, 2.05) is 43.3 Å². The van der Waals surface area contributed by atoms with E-state index in [0.29, 0.717) is 0 Å². The van der Waals surface area contributed by atoms with Crippen LogP contribution in [0.5, 0.6) is 0 Å². The van der Waals surface area contributed by atoms with Crippen molar-refractivity contribution in [1.82, 2.24) is 4.98 Å². The molecule has 1 N–H and O–H groups in total. The van der Waals surface area contributed by atoms with Gasteiger partial charge in [-0.15, -0.1) is 0 Å². The lowest BCUT2D eigenvalue weighted by Crippen LogP contribution is -1.88. The number of nitrogens with one attached hydrogen (secondary N) is 1. The van der Waals surface area contributed by atoms with Crippen molar-refractivity contribution < 1.29 is 0 Å². The molecule has 23 heavy (non-hydrogen) atoms. The summed E-state index contributed by atoms with van der Waals surface area (Å²) in [6, 6.07) is 18.3. The van der Waals surface area contributed by atoms with Gasteiger partial charge in [-0.25, -0.2) is 9.98 Å². The Morgan fingerprint density at radius 1 is 1.09 bits per heavy atom. The Labute approximate surface area is 140 Å². The first-order chi connectivity index (χ1) is 11.2. The van der Waals surface area contributed by atoms with E-state index < -0.39 is 0 Å². The Kier molecular flexibility index (Phi) is 4.40. The maximum atomic E-state index is 5.98. The molecule has 0 aliphatic heterocycles. The molecule has 3 rings (SSSR count). The zero-order valence-electron chi connectivity index (χ0n) is 12.8. The van der Waals surface area contributed by atoms with Crippen LogP contribution >= 0.6 is 11.6 Å². The summed E-state index contributed by atoms with van der Waals surface area (Å²) in [5.41, 5.74) is 4.93. The molecule has 0 unspecified atom stereocenters. The van der Waals surface area contributed by atoms with Gasteiger partial charge in [0, 0.05) is 16.5 Å². The number of aromatic amines is 1. The Morgan fingerprint density at radius 3 is 2.48 bits per heavy atom. The third kappa shape index (κ3) is 2.96. The fraction of sp³-hybridized carbons (Fsp3) is 0.0526. The number of rotatable bonds is 3. The van der Waals surface area contributed by atoms with E-state index in [2.05, 4.69) is 46.0 Å². The fourth-order valence-corrected chi connectivity index (χ4v) is 2.72. The van der Waals surface area contributed by atoms with Crippen LogP contribution in [0.15, 0.2) is 70.7 Å². The molecular formula is C19H16ClN3. The van der Waals surface area contributed by atoms with Crippen LogP contribution in [0.2, 0.25) is 0 Å². The third-order valence-corrected chi connectivity index (χ3v) is 3.85. The van der Waals surface area contributed by atoms with Crippen molar-refractivity contribution in [3.05, 3.63) is 66.2 Å². The van der Waals surface area contributed by atoms with Gasteiger partial charge in [0.25, 0.3) is 0 Å². The molecule has 0 aliphatic rings. The van der Waals surface area contributed by atoms with E-state index in [1.165, 1.54) is 0 Å². The molecule has 0 aliphatic carbocycles. The summed E-state index contributed by atoms with van der Waals surface area (Å²) in [6.07, 6.45) is 1.93. The number of amidine groups is 1. The molecule has 0 bridgehead atoms. The Balaban J connectivity index is 2.31. The highest BCUT2D eigenvalue weighted by molar-refractivity contribution is 6.65. The van der Waals surface area contributed by atoms with Crippen LogP contribution in [0.1, 0.15) is 12.5 Å². The van der Waals surface area contributed by atoms with Crippen molar-refractivity contribution in [2.24, 2.45) is 9.98 Å². The quantitative estimate of drug-likeness (QED) is 0.376. The minimum Gasteiger partial charge on any atom is -0.354 e. The van der Waals surface area contributed by atoms with Gasteiger partial charge in [-0.3, -0.25) is 0 Å². The first kappa shape index (κ1) is 15.3. The lowest BCUT2D eigenvalue weighted by Gasteiger charge is -2.06. The Morgan fingerprint density at radius 2 is 1.78 bits per heavy atom. The molecule has 3 nitrogen and oxygen atoms in total. The maximum Gasteiger partial charge on any atom is 0.222 e. The molecule has 0 amide bonds. The predicted octanol–water partition coefficient (Wildman–Crippen LogP) is 5.49. The average Bonchev–Trinajstić information content (AvgIpc) is 2.99. The molecule has 0 saturated carbocycles. The zero-order valence-corrected chi connectivity index (χ0v) is 13.5. The van der Waals surface area contributed by atoms with E-state index in [4.69, 9.17) is 11.6 Å². The molecule has 0 fully saturated rings. The van der Waals surface area contributed by atoms with E-state index in [0.717, 1.165) is 33.4 Å². The van der Waals surface area contributed by atoms with Crippen molar-refractivity contribution in [2.75, 3.05) is 0 Å². The second kappa shape index (κ2) is 6.63. The van der Waals surface area contributed by atoms with Gasteiger partial charge in [-0.05, 0) is 36.9 Å². The van der Waals surface area contributed by atoms with Crippen LogP contribution in [0, 0.1) is 0 Å². The number of aromatic nitrogens is 1. The van der Waals surface area contributed by atoms with Crippen LogP contribution in [-0.4, -0.2) is 17.0 Å². The molecule has 2 aromatic carbocycles. The van der Waals surface area contributed by atoms with E-state index >= 15 is 0 Å². The monoisotopic (exact) mass is 321 g/mol. The Hall–Kier alpha value is -2.65. The summed E-state index contributed by atoms with van der Waals surface area (Å²) in [5.74, 6) is 0. The maximum absolute atomic E-state index is 5.98. The normalized spacial score (nSPS) is 12.6. The molecule has 0 atom stereocenters. The topological polar surface area (TPSA) is 40.5 Å². The van der Waals surface area contributed by atoms with E-state index in [1.54, 1.807) is 0 Å². The summed E-state index contributed by atoms with van der Waals surface area (Å²) in [5, 5.41) is 1.22. The number of hydrogen-bond acceptors (Lipinski definition) is 1. The van der Waals surface area contributed by atoms with Crippen LogP contribution in [0.4, 0.5) is 0 Å². The second-order valence-electron chi connectivity index (χ2n) is 5.00. The molecular weight excluding hydrogens is 306 g/mol. The molecule has 1 aromatic heterocycles. The number of allylic oxidation sites excluding steroid dienone is 1. The van der Waals surface area contributed by atoms with Gasteiger partial charge >= 0.3 is 0 Å². The lowest BCUT2D eigenvalue weighted by atomic mass is 10.0. The number of H-pyrrole nitrogens is 1. The van der Waals surface area contributed by atoms with Crippen LogP contribution < -0.4 is 0 Å². The number of benzene rings is 2. The Bertz CT molecular complexity index is 905. The minimum absolute atomic E-state index is 0.127. The average molecular weight is 322 g/mol. The molecule has 0 spiro atoms. The summed E-state index contributed by atoms with van der Waals surface area (Å²) in [7, 11) is 0. The standard InChI is InChI=1S/C19H16ClN3/c1-3-15(23-19(20)21-2)17-14-11-7-8-12-16(14)22-18(17)13-9-5-4-6-10-13/h3-12,22H,2H2,1H3/b15-3-,23-19?. The minimum atomic E-state index is 0.127. The number of halogens is 1. The summed E-state index contributed by atoms with van der Waals surface area (Å²) in [4.78, 5) is 11.6. The number of hydrogen-bond donors (Lipinski definition) is 1. The van der Waals surface area contributed by atoms with Gasteiger partial charge in [0.05, 0.1) is 11.4 Å². The largest absolute Gasteiger partial charge is 0.354 e. The summed E-state index contributed by atoms with van der Waals surface area (Å²) >= 11 is 5.98. The van der Waals surface area contributed by atoms with Crippen LogP contribution in [0.3, 0.4) is 0 Å². The van der Waals surface area contributed by atoms with Crippen molar-refractivity contribution in [3.63, 3.8) is 0 Å². The molecule has 1 heterocycles. The lowest BCUT2D eigenvalue weighted by molar-refractivity contribution is 1.42. The van der Waals surface area contributed by atoms with Gasteiger partial charge in [0.2, 0.25) is 5.29 Å². The van der Waals surface area contributed by atoms with Gasteiger partial charge in [-0.1, -0.05) is 54.6 Å². The molecule has 4 heteroatoms. The van der Waals surface area contributed by atoms with Crippen molar-refractivity contribution in [1.29, 1.82) is 0 Å². The summed E-state index contributed by atoms with van der Waals surface area (Å²) in [6.45, 7) is 5.36. The SMILES string of the molecule is C=NC(Cl)=N/C(=C\C)c1c(-c2ccccc2)[nH]c2ccccc12. The van der Waals surface area contributed by atoms with E-state index in [9.17, 15) is 0 Å². The number of para-hydroxylation sites is 1. The van der Waals surface area contributed by atoms with Crippen LogP contribution in [-0.2, 0) is 0 Å². The zero-order chi connectivity index (χ0) is 16.2. The molecule has 0 saturated heterocycles.